The van der Waals surface area contributed by atoms with Gasteiger partial charge in [0.2, 0.25) is 0 Å². The lowest BCUT2D eigenvalue weighted by molar-refractivity contribution is -0.118. The van der Waals surface area contributed by atoms with Gasteiger partial charge in [0.05, 0.1) is 25.3 Å². The van der Waals surface area contributed by atoms with Gasteiger partial charge >= 0.3 is 0 Å². The summed E-state index contributed by atoms with van der Waals surface area (Å²) in [5, 5.41) is 6.41. The average Bonchev–Trinajstić information content (AvgIpc) is 2.78. The van der Waals surface area contributed by atoms with E-state index in [1.54, 1.807) is 19.2 Å². The normalized spacial score (nSPS) is 19.3. The zero-order valence-corrected chi connectivity index (χ0v) is 20.5. The van der Waals surface area contributed by atoms with Crippen LogP contribution >= 0.6 is 0 Å². The smallest absolute Gasteiger partial charge is 0.254 e. The number of benzene rings is 2. The molecule has 1 aliphatic heterocycles. The molecule has 6 heteroatoms. The number of methoxy groups -OCH3 is 1. The van der Waals surface area contributed by atoms with Crippen LogP contribution in [0, 0.1) is 5.41 Å². The Kier molecular flexibility index (Phi) is 6.51. The number of rotatable bonds is 6. The lowest BCUT2D eigenvalue weighted by Gasteiger charge is -2.40. The molecule has 1 atom stereocenters. The highest BCUT2D eigenvalue weighted by Gasteiger charge is 2.43. The van der Waals surface area contributed by atoms with Crippen LogP contribution in [0.2, 0.25) is 0 Å². The van der Waals surface area contributed by atoms with Gasteiger partial charge < -0.3 is 20.1 Å². The number of hydrogen-bond acceptors (Lipinski definition) is 5. The first-order valence-electron chi connectivity index (χ1n) is 11.7. The predicted octanol–water partition coefficient (Wildman–Crippen LogP) is 5.34. The number of anilines is 1. The minimum Gasteiger partial charge on any atom is -0.495 e. The van der Waals surface area contributed by atoms with Gasteiger partial charge in [-0.3, -0.25) is 9.59 Å². The molecule has 0 aromatic heterocycles. The number of carbonyl (C=O) groups excluding carboxylic acids is 2. The number of dihydropyridines is 1. The Hall–Kier alpha value is -3.54. The monoisotopic (exact) mass is 460 g/mol. The number of carbonyl (C=O) groups is 2. The molecule has 34 heavy (non-hydrogen) atoms. The summed E-state index contributed by atoms with van der Waals surface area (Å²) in [4.78, 5) is 27.3. The summed E-state index contributed by atoms with van der Waals surface area (Å²) in [5.74, 6) is 0.494. The van der Waals surface area contributed by atoms with E-state index in [1.165, 1.54) is 0 Å². The molecule has 2 aromatic carbocycles. The SMILES string of the molecule is CCOc1ccccc1[C@@H]1C(C(=O)Nc2ccccc2OC)=C(C)NC2=C1C(=O)CC(C)(C)C2. The highest BCUT2D eigenvalue weighted by molar-refractivity contribution is 6.10. The number of ether oxygens (including phenoxy) is 2. The van der Waals surface area contributed by atoms with E-state index >= 15 is 0 Å². The van der Waals surface area contributed by atoms with Crippen molar-refractivity contribution in [3.63, 3.8) is 0 Å². The summed E-state index contributed by atoms with van der Waals surface area (Å²) in [6.45, 7) is 8.50. The lowest BCUT2D eigenvalue weighted by Crippen LogP contribution is -2.39. The molecule has 0 spiro atoms. The zero-order valence-electron chi connectivity index (χ0n) is 20.5. The van der Waals surface area contributed by atoms with Gasteiger partial charge in [0.25, 0.3) is 5.91 Å². The molecular weight excluding hydrogens is 428 g/mol. The third-order valence-electron chi connectivity index (χ3n) is 6.37. The number of allylic oxidation sites excluding steroid dienone is 3. The third-order valence-corrected chi connectivity index (χ3v) is 6.37. The van der Waals surface area contributed by atoms with Gasteiger partial charge in [-0.05, 0) is 43.9 Å². The van der Waals surface area contributed by atoms with Crippen molar-refractivity contribution in [3.8, 4) is 11.5 Å². The van der Waals surface area contributed by atoms with E-state index in [9.17, 15) is 9.59 Å². The van der Waals surface area contributed by atoms with Crippen LogP contribution in [-0.4, -0.2) is 25.4 Å². The van der Waals surface area contributed by atoms with Gasteiger partial charge in [0.15, 0.2) is 5.78 Å². The molecule has 1 aliphatic carbocycles. The Labute approximate surface area is 201 Å². The highest BCUT2D eigenvalue weighted by atomic mass is 16.5. The first-order valence-corrected chi connectivity index (χ1v) is 11.7. The van der Waals surface area contributed by atoms with Gasteiger partial charge in [-0.1, -0.05) is 44.2 Å². The van der Waals surface area contributed by atoms with E-state index in [-0.39, 0.29) is 17.1 Å². The fraction of sp³-hybridized carbons (Fsp3) is 0.357. The van der Waals surface area contributed by atoms with E-state index in [0.29, 0.717) is 41.4 Å². The zero-order chi connectivity index (χ0) is 24.5. The summed E-state index contributed by atoms with van der Waals surface area (Å²) in [6, 6.07) is 14.9. The largest absolute Gasteiger partial charge is 0.495 e. The van der Waals surface area contributed by atoms with E-state index in [0.717, 1.165) is 23.4 Å². The lowest BCUT2D eigenvalue weighted by atomic mass is 9.68. The Bertz CT molecular complexity index is 1190. The quantitative estimate of drug-likeness (QED) is 0.609. The molecular formula is C28H32N2O4. The molecule has 1 amide bonds. The number of amides is 1. The van der Waals surface area contributed by atoms with Crippen molar-refractivity contribution in [1.82, 2.24) is 5.32 Å². The maximum atomic E-state index is 13.8. The maximum Gasteiger partial charge on any atom is 0.254 e. The summed E-state index contributed by atoms with van der Waals surface area (Å²) in [7, 11) is 1.57. The summed E-state index contributed by atoms with van der Waals surface area (Å²) >= 11 is 0. The second kappa shape index (κ2) is 9.37. The molecule has 178 valence electrons. The second-order valence-corrected chi connectivity index (χ2v) is 9.56. The van der Waals surface area contributed by atoms with E-state index in [2.05, 4.69) is 24.5 Å². The number of hydrogen-bond donors (Lipinski definition) is 2. The molecule has 2 aliphatic rings. The minimum absolute atomic E-state index is 0.0603. The van der Waals surface area contributed by atoms with E-state index in [4.69, 9.17) is 9.47 Å². The fourth-order valence-electron chi connectivity index (χ4n) is 4.99. The molecule has 6 nitrogen and oxygen atoms in total. The molecule has 2 aromatic rings. The summed E-state index contributed by atoms with van der Waals surface area (Å²) in [5.41, 5.74) is 4.02. The van der Waals surface area contributed by atoms with Crippen molar-refractivity contribution >= 4 is 17.4 Å². The molecule has 1 heterocycles. The van der Waals surface area contributed by atoms with Crippen LogP contribution in [0.5, 0.6) is 11.5 Å². The maximum absolute atomic E-state index is 13.8. The van der Waals surface area contributed by atoms with Gasteiger partial charge in [-0.25, -0.2) is 0 Å². The summed E-state index contributed by atoms with van der Waals surface area (Å²) in [6.07, 6.45) is 1.17. The van der Waals surface area contributed by atoms with E-state index < -0.39 is 5.92 Å². The first-order chi connectivity index (χ1) is 16.3. The van der Waals surface area contributed by atoms with Crippen molar-refractivity contribution in [2.45, 2.75) is 46.5 Å². The topological polar surface area (TPSA) is 76.7 Å². The van der Waals surface area contributed by atoms with Crippen molar-refractivity contribution in [1.29, 1.82) is 0 Å². The number of nitrogens with one attached hydrogen (secondary N) is 2. The van der Waals surface area contributed by atoms with Gasteiger partial charge in [-0.15, -0.1) is 0 Å². The van der Waals surface area contributed by atoms with Crippen molar-refractivity contribution in [3.05, 3.63) is 76.6 Å². The molecule has 0 unspecified atom stereocenters. The average molecular weight is 461 g/mol. The number of ketones is 1. The van der Waals surface area contributed by atoms with Gasteiger partial charge in [-0.2, -0.15) is 0 Å². The van der Waals surface area contributed by atoms with Crippen molar-refractivity contribution in [2.24, 2.45) is 5.41 Å². The number of Topliss-reactive ketones (excluding diaryl/α,β-unsaturated/α-hetero) is 1. The molecule has 2 N–H and O–H groups in total. The van der Waals surface area contributed by atoms with Crippen LogP contribution in [0.15, 0.2) is 71.1 Å². The van der Waals surface area contributed by atoms with Gasteiger partial charge in [0, 0.05) is 34.5 Å². The van der Waals surface area contributed by atoms with Gasteiger partial charge in [0.1, 0.15) is 11.5 Å². The van der Waals surface area contributed by atoms with Crippen LogP contribution in [0.1, 0.15) is 52.0 Å². The van der Waals surface area contributed by atoms with Crippen LogP contribution in [0.3, 0.4) is 0 Å². The standard InChI is InChI=1S/C28H32N2O4/c1-6-34-22-13-9-7-11-18(22)25-24(27(32)30-19-12-8-10-14-23(19)33-5)17(2)29-20-15-28(3,4)16-21(31)26(20)25/h7-14,25,29H,6,15-16H2,1-5H3,(H,30,32)/t25-/m1/s1. The minimum atomic E-state index is -0.530. The second-order valence-electron chi connectivity index (χ2n) is 9.56. The van der Waals surface area contributed by atoms with Crippen LogP contribution in [0.25, 0.3) is 0 Å². The van der Waals surface area contributed by atoms with Crippen LogP contribution in [-0.2, 0) is 9.59 Å². The van der Waals surface area contributed by atoms with Crippen molar-refractivity contribution in [2.75, 3.05) is 19.0 Å². The Balaban J connectivity index is 1.85. The molecule has 0 bridgehead atoms. The van der Waals surface area contributed by atoms with Crippen LogP contribution < -0.4 is 20.1 Å². The number of para-hydroxylation sites is 3. The third kappa shape index (κ3) is 4.45. The summed E-state index contributed by atoms with van der Waals surface area (Å²) < 4.78 is 11.4. The van der Waals surface area contributed by atoms with E-state index in [1.807, 2.05) is 50.2 Å². The molecule has 4 rings (SSSR count). The Morgan fingerprint density at radius 1 is 1.09 bits per heavy atom. The van der Waals surface area contributed by atoms with Crippen LogP contribution in [0.4, 0.5) is 5.69 Å². The highest BCUT2D eigenvalue weighted by Crippen LogP contribution is 2.48. The predicted molar refractivity (Wildman–Crippen MR) is 133 cm³/mol. The fourth-order valence-corrected chi connectivity index (χ4v) is 4.99. The Morgan fingerprint density at radius 2 is 1.76 bits per heavy atom. The molecule has 0 radical (unpaired) electrons. The molecule has 0 fully saturated rings. The van der Waals surface area contributed by atoms with Crippen molar-refractivity contribution < 1.29 is 19.1 Å². The molecule has 0 saturated heterocycles. The molecule has 0 saturated carbocycles. The first kappa shape index (κ1) is 23.6. The Morgan fingerprint density at radius 3 is 2.47 bits per heavy atom.